The lowest BCUT2D eigenvalue weighted by molar-refractivity contribution is 0.242. The van der Waals surface area contributed by atoms with E-state index in [-0.39, 0.29) is 0 Å². The molecule has 0 aliphatic rings. The van der Waals surface area contributed by atoms with Crippen molar-refractivity contribution in [3.05, 3.63) is 62.4 Å². The first-order valence-electron chi connectivity index (χ1n) is 8.83. The van der Waals surface area contributed by atoms with Gasteiger partial charge in [-0.1, -0.05) is 29.8 Å². The number of halogens is 1. The Kier molecular flexibility index (Phi) is 5.83. The molecule has 0 fully saturated rings. The number of aromatic nitrogens is 5. The number of hydrogen-bond acceptors (Lipinski definition) is 4. The van der Waals surface area contributed by atoms with Crippen molar-refractivity contribution < 1.29 is 0 Å². The van der Waals surface area contributed by atoms with E-state index in [1.165, 1.54) is 5.56 Å². The van der Waals surface area contributed by atoms with E-state index >= 15 is 0 Å². The molecule has 0 bridgehead atoms. The fourth-order valence-corrected chi connectivity index (χ4v) is 3.57. The summed E-state index contributed by atoms with van der Waals surface area (Å²) in [5.41, 5.74) is 4.48. The van der Waals surface area contributed by atoms with Crippen LogP contribution in [0, 0.1) is 25.5 Å². The molecule has 2 aromatic heterocycles. The number of hydrogen-bond donors (Lipinski definition) is 0. The van der Waals surface area contributed by atoms with Crippen LogP contribution in [0.25, 0.3) is 0 Å². The van der Waals surface area contributed by atoms with Gasteiger partial charge in [0.2, 0.25) is 0 Å². The number of rotatable bonds is 6. The Labute approximate surface area is 170 Å². The second-order valence-corrected chi connectivity index (χ2v) is 7.71. The van der Waals surface area contributed by atoms with Crippen LogP contribution in [0.5, 0.6) is 0 Å². The average Bonchev–Trinajstić information content (AvgIpc) is 3.01. The summed E-state index contributed by atoms with van der Waals surface area (Å²) in [6.45, 7) is 8.19. The molecule has 27 heavy (non-hydrogen) atoms. The van der Waals surface area contributed by atoms with Crippen molar-refractivity contribution in [3.8, 4) is 0 Å². The maximum atomic E-state index is 6.31. The largest absolute Gasteiger partial charge is 0.307 e. The molecular formula is C19H25ClN6S. The van der Waals surface area contributed by atoms with Gasteiger partial charge in [-0.3, -0.25) is 9.58 Å². The van der Waals surface area contributed by atoms with Crippen LogP contribution < -0.4 is 0 Å². The Bertz CT molecular complexity index is 1020. The van der Waals surface area contributed by atoms with Gasteiger partial charge >= 0.3 is 0 Å². The van der Waals surface area contributed by atoms with Crippen LogP contribution >= 0.6 is 23.8 Å². The van der Waals surface area contributed by atoms with E-state index in [9.17, 15) is 0 Å². The predicted molar refractivity (Wildman–Crippen MR) is 110 cm³/mol. The second-order valence-electron chi connectivity index (χ2n) is 6.94. The van der Waals surface area contributed by atoms with Crippen LogP contribution in [-0.4, -0.2) is 36.1 Å². The number of aryl methyl sites for hydroxylation is 2. The van der Waals surface area contributed by atoms with E-state index in [4.69, 9.17) is 28.9 Å². The molecular weight excluding hydrogens is 380 g/mol. The number of nitrogens with zero attached hydrogens (tertiary/aromatic N) is 6. The van der Waals surface area contributed by atoms with Crippen molar-refractivity contribution in [2.75, 3.05) is 7.05 Å². The van der Waals surface area contributed by atoms with E-state index in [0.29, 0.717) is 13.2 Å². The quantitative estimate of drug-likeness (QED) is 0.585. The van der Waals surface area contributed by atoms with Gasteiger partial charge in [0.05, 0.1) is 18.9 Å². The predicted octanol–water partition coefficient (Wildman–Crippen LogP) is 3.86. The standard InChI is InChI=1S/C19H25ClN6S/c1-13-17(11-23(4)12-26-19(27)24(5)15(3)22-26)14(2)25(21-13)10-16-8-6-7-9-18(16)20/h6-9H,10-12H2,1-5H3. The average molecular weight is 405 g/mol. The van der Waals surface area contributed by atoms with Gasteiger partial charge in [-0.05, 0) is 51.7 Å². The van der Waals surface area contributed by atoms with Crippen LogP contribution in [0.15, 0.2) is 24.3 Å². The molecule has 0 aliphatic heterocycles. The Morgan fingerprint density at radius 3 is 2.44 bits per heavy atom. The third-order valence-electron chi connectivity index (χ3n) is 4.87. The van der Waals surface area contributed by atoms with Crippen LogP contribution in [0.3, 0.4) is 0 Å². The van der Waals surface area contributed by atoms with Crippen molar-refractivity contribution in [3.63, 3.8) is 0 Å². The van der Waals surface area contributed by atoms with E-state index in [1.54, 1.807) is 0 Å². The van der Waals surface area contributed by atoms with Crippen LogP contribution in [0.1, 0.15) is 28.3 Å². The zero-order valence-electron chi connectivity index (χ0n) is 16.4. The van der Waals surface area contributed by atoms with Crippen molar-refractivity contribution >= 4 is 23.8 Å². The van der Waals surface area contributed by atoms with Crippen molar-refractivity contribution in [2.45, 2.75) is 40.5 Å². The lowest BCUT2D eigenvalue weighted by Gasteiger charge is -2.17. The minimum absolute atomic E-state index is 0.634. The fourth-order valence-electron chi connectivity index (χ4n) is 3.14. The molecule has 0 saturated heterocycles. The molecule has 144 valence electrons. The summed E-state index contributed by atoms with van der Waals surface area (Å²) in [5, 5.41) is 10.00. The summed E-state index contributed by atoms with van der Waals surface area (Å²) in [7, 11) is 4.00. The summed E-state index contributed by atoms with van der Waals surface area (Å²) in [4.78, 5) is 2.19. The Morgan fingerprint density at radius 2 is 1.81 bits per heavy atom. The first kappa shape index (κ1) is 19.8. The van der Waals surface area contributed by atoms with Gasteiger partial charge in [0.25, 0.3) is 0 Å². The lowest BCUT2D eigenvalue weighted by atomic mass is 10.2. The molecule has 1 aromatic carbocycles. The minimum Gasteiger partial charge on any atom is -0.307 e. The topological polar surface area (TPSA) is 43.8 Å². The molecule has 0 atom stereocenters. The van der Waals surface area contributed by atoms with E-state index in [2.05, 4.69) is 30.9 Å². The molecule has 0 N–H and O–H groups in total. The number of benzene rings is 1. The highest BCUT2D eigenvalue weighted by Gasteiger charge is 2.15. The van der Waals surface area contributed by atoms with Gasteiger partial charge in [0.15, 0.2) is 4.77 Å². The fraction of sp³-hybridized carbons (Fsp3) is 0.421. The summed E-state index contributed by atoms with van der Waals surface area (Å²) in [5.74, 6) is 0.910. The lowest BCUT2D eigenvalue weighted by Crippen LogP contribution is -2.23. The first-order chi connectivity index (χ1) is 12.8. The molecule has 8 heteroatoms. The van der Waals surface area contributed by atoms with Crippen molar-refractivity contribution in [2.24, 2.45) is 7.05 Å². The molecule has 2 heterocycles. The van der Waals surface area contributed by atoms with Gasteiger partial charge < -0.3 is 4.57 Å². The molecule has 0 saturated carbocycles. The Morgan fingerprint density at radius 1 is 1.11 bits per heavy atom. The SMILES string of the molecule is Cc1nn(Cc2ccccc2Cl)c(C)c1CN(C)Cn1nc(C)n(C)c1=S. The summed E-state index contributed by atoms with van der Waals surface area (Å²) >= 11 is 11.8. The van der Waals surface area contributed by atoms with Crippen LogP contribution in [-0.2, 0) is 26.8 Å². The van der Waals surface area contributed by atoms with Gasteiger partial charge in [-0.15, -0.1) is 0 Å². The normalized spacial score (nSPS) is 11.5. The zero-order valence-corrected chi connectivity index (χ0v) is 18.0. The Balaban J connectivity index is 1.77. The molecule has 0 unspecified atom stereocenters. The molecule has 0 aliphatic carbocycles. The molecule has 3 aromatic rings. The van der Waals surface area contributed by atoms with E-state index in [0.717, 1.165) is 39.1 Å². The Hall–Kier alpha value is -1.96. The maximum Gasteiger partial charge on any atom is 0.198 e. The van der Waals surface area contributed by atoms with E-state index in [1.807, 2.05) is 52.2 Å². The van der Waals surface area contributed by atoms with Gasteiger partial charge in [0, 0.05) is 29.9 Å². The van der Waals surface area contributed by atoms with Gasteiger partial charge in [-0.25, -0.2) is 4.68 Å². The summed E-state index contributed by atoms with van der Waals surface area (Å²) < 4.78 is 6.52. The highest BCUT2D eigenvalue weighted by atomic mass is 35.5. The molecule has 0 spiro atoms. The summed E-state index contributed by atoms with van der Waals surface area (Å²) in [6.07, 6.45) is 0. The van der Waals surface area contributed by atoms with Crippen LogP contribution in [0.2, 0.25) is 5.02 Å². The highest BCUT2D eigenvalue weighted by molar-refractivity contribution is 7.71. The smallest absolute Gasteiger partial charge is 0.198 e. The molecule has 3 rings (SSSR count). The highest BCUT2D eigenvalue weighted by Crippen LogP contribution is 2.20. The van der Waals surface area contributed by atoms with Gasteiger partial charge in [0.1, 0.15) is 5.82 Å². The molecule has 0 radical (unpaired) electrons. The summed E-state index contributed by atoms with van der Waals surface area (Å²) in [6, 6.07) is 7.89. The monoisotopic (exact) mass is 404 g/mol. The van der Waals surface area contributed by atoms with Crippen molar-refractivity contribution in [1.29, 1.82) is 0 Å². The molecule has 0 amide bonds. The third-order valence-corrected chi connectivity index (χ3v) is 5.72. The van der Waals surface area contributed by atoms with Crippen LogP contribution in [0.4, 0.5) is 0 Å². The maximum absolute atomic E-state index is 6.31. The minimum atomic E-state index is 0.634. The van der Waals surface area contributed by atoms with Crippen molar-refractivity contribution in [1.82, 2.24) is 29.0 Å². The van der Waals surface area contributed by atoms with Gasteiger partial charge in [-0.2, -0.15) is 10.2 Å². The van der Waals surface area contributed by atoms with E-state index < -0.39 is 0 Å². The third kappa shape index (κ3) is 4.15. The zero-order chi connectivity index (χ0) is 19.7. The first-order valence-corrected chi connectivity index (χ1v) is 9.61. The second kappa shape index (κ2) is 7.96. The molecule has 6 nitrogen and oxygen atoms in total.